The molecular weight excluding hydrogens is 502 g/mol. The molecule has 1 aliphatic rings. The fraction of sp³-hybridized carbons (Fsp3) is 0.387. The molecule has 4 aromatic rings. The summed E-state index contributed by atoms with van der Waals surface area (Å²) in [4.78, 5) is 34.3. The third-order valence-electron chi connectivity index (χ3n) is 7.19. The largest absolute Gasteiger partial charge is 0.359 e. The Labute approximate surface area is 235 Å². The highest BCUT2D eigenvalue weighted by Gasteiger charge is 2.43. The van der Waals surface area contributed by atoms with E-state index >= 15 is 0 Å². The third kappa shape index (κ3) is 8.11. The van der Waals surface area contributed by atoms with Crippen LogP contribution in [0.25, 0.3) is 22.5 Å². The minimum atomic E-state index is 0.125. The normalized spacial score (nSPS) is 15.6. The standard InChI is InChI=1S/C21H27N5O.C10H12N2O/c1-22-21(27)8-6-4-3-5-7-20-23-15-19(24-20)17-11-9-16(10-12-17)18-13-14-26(2)25-18;1-11-10(13)9-6-8(9)7-2-4-12-5-3-7/h9-15H,3-8H2,1-2H3,(H,22,27)(H,23,24);2-5,8-9H,6H2,1H3,(H,11,13). The number of nitrogens with zero attached hydrogens (tertiary/aromatic N) is 4. The summed E-state index contributed by atoms with van der Waals surface area (Å²) in [6, 6.07) is 14.3. The molecule has 210 valence electrons. The van der Waals surface area contributed by atoms with Crippen LogP contribution in [0.1, 0.15) is 55.8 Å². The van der Waals surface area contributed by atoms with E-state index in [0.717, 1.165) is 66.9 Å². The van der Waals surface area contributed by atoms with Crippen LogP contribution in [0.3, 0.4) is 0 Å². The van der Waals surface area contributed by atoms with E-state index in [2.05, 4.69) is 54.9 Å². The Hall–Kier alpha value is -4.27. The predicted molar refractivity (Wildman–Crippen MR) is 156 cm³/mol. The molecule has 9 heteroatoms. The van der Waals surface area contributed by atoms with Crippen LogP contribution in [0, 0.1) is 5.92 Å². The maximum absolute atomic E-state index is 11.2. The summed E-state index contributed by atoms with van der Waals surface area (Å²) in [7, 11) is 5.29. The summed E-state index contributed by atoms with van der Waals surface area (Å²) in [5.41, 5.74) is 5.47. The molecule has 3 N–H and O–H groups in total. The van der Waals surface area contributed by atoms with Gasteiger partial charge in [-0.05, 0) is 54.5 Å². The highest BCUT2D eigenvalue weighted by molar-refractivity contribution is 5.82. The van der Waals surface area contributed by atoms with Crippen molar-refractivity contribution in [2.24, 2.45) is 13.0 Å². The second-order valence-corrected chi connectivity index (χ2v) is 10.1. The van der Waals surface area contributed by atoms with Crippen LogP contribution in [-0.4, -0.2) is 50.6 Å². The average Bonchev–Trinajstić information content (AvgIpc) is 3.45. The molecule has 1 fully saturated rings. The maximum Gasteiger partial charge on any atom is 0.223 e. The quantitative estimate of drug-likeness (QED) is 0.239. The van der Waals surface area contributed by atoms with Crippen LogP contribution < -0.4 is 10.6 Å². The van der Waals surface area contributed by atoms with Crippen molar-refractivity contribution in [1.82, 2.24) is 35.4 Å². The Balaban J connectivity index is 0.000000236. The number of hydrogen-bond donors (Lipinski definition) is 3. The van der Waals surface area contributed by atoms with Crippen molar-refractivity contribution in [3.63, 3.8) is 0 Å². The molecule has 0 spiro atoms. The van der Waals surface area contributed by atoms with Crippen molar-refractivity contribution in [3.8, 4) is 22.5 Å². The first-order valence-corrected chi connectivity index (χ1v) is 13.9. The van der Waals surface area contributed by atoms with Crippen molar-refractivity contribution in [1.29, 1.82) is 0 Å². The van der Waals surface area contributed by atoms with E-state index in [0.29, 0.717) is 12.3 Å². The van der Waals surface area contributed by atoms with Gasteiger partial charge in [0.25, 0.3) is 0 Å². The van der Waals surface area contributed by atoms with Crippen molar-refractivity contribution in [3.05, 3.63) is 78.6 Å². The summed E-state index contributed by atoms with van der Waals surface area (Å²) >= 11 is 0. The molecule has 9 nitrogen and oxygen atoms in total. The topological polar surface area (TPSA) is 118 Å². The van der Waals surface area contributed by atoms with E-state index in [1.54, 1.807) is 26.5 Å². The Kier molecular flexibility index (Phi) is 10.2. The summed E-state index contributed by atoms with van der Waals surface area (Å²) in [6.45, 7) is 0. The van der Waals surface area contributed by atoms with Gasteiger partial charge >= 0.3 is 0 Å². The third-order valence-corrected chi connectivity index (χ3v) is 7.19. The SMILES string of the molecule is CNC(=O)C1CC1c1ccncc1.CNC(=O)CCCCCCc1ncc(-c2ccc(-c3ccn(C)n3)cc2)[nH]1. The molecule has 1 saturated carbocycles. The van der Waals surface area contributed by atoms with Crippen molar-refractivity contribution in [2.45, 2.75) is 50.9 Å². The average molecular weight is 542 g/mol. The Morgan fingerprint density at radius 2 is 1.68 bits per heavy atom. The monoisotopic (exact) mass is 541 g/mol. The summed E-state index contributed by atoms with van der Waals surface area (Å²) in [6.07, 6.45) is 14.2. The zero-order valence-electron chi connectivity index (χ0n) is 23.6. The first-order valence-electron chi connectivity index (χ1n) is 13.9. The number of carbonyl (C=O) groups is 2. The highest BCUT2D eigenvalue weighted by atomic mass is 16.2. The smallest absolute Gasteiger partial charge is 0.223 e. The number of unbranched alkanes of at least 4 members (excludes halogenated alkanes) is 3. The highest BCUT2D eigenvalue weighted by Crippen LogP contribution is 2.47. The van der Waals surface area contributed by atoms with E-state index in [-0.39, 0.29) is 17.7 Å². The van der Waals surface area contributed by atoms with Gasteiger partial charge in [-0.3, -0.25) is 19.3 Å². The number of carbonyl (C=O) groups excluding carboxylic acids is 2. The number of aromatic nitrogens is 5. The number of amides is 2. The molecule has 2 amide bonds. The van der Waals surface area contributed by atoms with Crippen LogP contribution in [0.5, 0.6) is 0 Å². The molecule has 40 heavy (non-hydrogen) atoms. The molecule has 1 aromatic carbocycles. The number of hydrogen-bond acceptors (Lipinski definition) is 5. The molecule has 0 saturated heterocycles. The van der Waals surface area contributed by atoms with Crippen molar-refractivity contribution < 1.29 is 9.59 Å². The van der Waals surface area contributed by atoms with Crippen LogP contribution in [0.15, 0.2) is 67.3 Å². The van der Waals surface area contributed by atoms with Crippen LogP contribution >= 0.6 is 0 Å². The number of rotatable bonds is 11. The lowest BCUT2D eigenvalue weighted by Gasteiger charge is -2.01. The Morgan fingerprint density at radius 3 is 2.35 bits per heavy atom. The summed E-state index contributed by atoms with van der Waals surface area (Å²) in [5, 5.41) is 9.76. The number of H-pyrrole nitrogens is 1. The lowest BCUT2D eigenvalue weighted by Crippen LogP contribution is -2.20. The Bertz CT molecular complexity index is 1360. The van der Waals surface area contributed by atoms with Crippen LogP contribution in [0.4, 0.5) is 0 Å². The molecule has 2 atom stereocenters. The van der Waals surface area contributed by atoms with Gasteiger partial charge in [-0.15, -0.1) is 0 Å². The number of benzene rings is 1. The number of aromatic amines is 1. The van der Waals surface area contributed by atoms with Gasteiger partial charge in [0.2, 0.25) is 11.8 Å². The first-order chi connectivity index (χ1) is 19.5. The van der Waals surface area contributed by atoms with Crippen molar-refractivity contribution >= 4 is 11.8 Å². The second kappa shape index (κ2) is 14.2. The molecule has 5 rings (SSSR count). The minimum absolute atomic E-state index is 0.125. The van der Waals surface area contributed by atoms with Gasteiger partial charge in [0.05, 0.1) is 17.6 Å². The van der Waals surface area contributed by atoms with Gasteiger partial charge in [0.1, 0.15) is 5.82 Å². The fourth-order valence-corrected chi connectivity index (χ4v) is 4.73. The van der Waals surface area contributed by atoms with Crippen LogP contribution in [-0.2, 0) is 23.1 Å². The van der Waals surface area contributed by atoms with Gasteiger partial charge in [0, 0.05) is 64.1 Å². The number of nitrogens with one attached hydrogen (secondary N) is 3. The number of aryl methyl sites for hydroxylation is 2. The van der Waals surface area contributed by atoms with Gasteiger partial charge in [-0.25, -0.2) is 4.98 Å². The Morgan fingerprint density at radius 1 is 0.950 bits per heavy atom. The molecule has 0 aliphatic heterocycles. The zero-order chi connectivity index (χ0) is 28.3. The maximum atomic E-state index is 11.2. The van der Waals surface area contributed by atoms with Gasteiger partial charge in [-0.1, -0.05) is 37.1 Å². The lowest BCUT2D eigenvalue weighted by atomic mass is 10.1. The van der Waals surface area contributed by atoms with E-state index in [4.69, 9.17) is 0 Å². The van der Waals surface area contributed by atoms with E-state index in [1.807, 2.05) is 42.3 Å². The van der Waals surface area contributed by atoms with Crippen LogP contribution in [0.2, 0.25) is 0 Å². The predicted octanol–water partition coefficient (Wildman–Crippen LogP) is 4.65. The van der Waals surface area contributed by atoms with Gasteiger partial charge in [0.15, 0.2) is 0 Å². The number of pyridine rings is 1. The van der Waals surface area contributed by atoms with Crippen molar-refractivity contribution in [2.75, 3.05) is 14.1 Å². The van der Waals surface area contributed by atoms with Gasteiger partial charge in [-0.2, -0.15) is 5.10 Å². The zero-order valence-corrected chi connectivity index (χ0v) is 23.6. The molecule has 2 unspecified atom stereocenters. The minimum Gasteiger partial charge on any atom is -0.359 e. The molecule has 0 bridgehead atoms. The van der Waals surface area contributed by atoms with E-state index in [1.165, 1.54) is 5.56 Å². The fourth-order valence-electron chi connectivity index (χ4n) is 4.73. The second-order valence-electron chi connectivity index (χ2n) is 10.1. The van der Waals surface area contributed by atoms with Gasteiger partial charge < -0.3 is 15.6 Å². The van der Waals surface area contributed by atoms with E-state index < -0.39 is 0 Å². The summed E-state index contributed by atoms with van der Waals surface area (Å²) in [5.74, 6) is 1.90. The molecule has 1 aliphatic carbocycles. The number of imidazole rings is 1. The molecule has 3 aromatic heterocycles. The molecule has 0 radical (unpaired) electrons. The first kappa shape index (κ1) is 28.7. The molecule has 3 heterocycles. The van der Waals surface area contributed by atoms with E-state index in [9.17, 15) is 9.59 Å². The summed E-state index contributed by atoms with van der Waals surface area (Å²) < 4.78 is 1.81. The molecular formula is C31H39N7O2. The lowest BCUT2D eigenvalue weighted by molar-refractivity contribution is -0.122.